The summed E-state index contributed by atoms with van der Waals surface area (Å²) in [5, 5.41) is 7.60. The smallest absolute Gasteiger partial charge is 0.250 e. The number of primary sulfonamides is 1. The van der Waals surface area contributed by atoms with Crippen molar-refractivity contribution in [2.75, 3.05) is 11.9 Å². The number of anilines is 1. The number of benzene rings is 1. The van der Waals surface area contributed by atoms with Crippen molar-refractivity contribution in [2.45, 2.75) is 24.8 Å². The number of nitrogens with one attached hydrogen (secondary N) is 1. The number of sulfonamides is 1. The summed E-state index contributed by atoms with van der Waals surface area (Å²) < 4.78 is 27.9. The highest BCUT2D eigenvalue weighted by Gasteiger charge is 2.12. The van der Waals surface area contributed by atoms with Gasteiger partial charge in [0.05, 0.1) is 16.7 Å². The summed E-state index contributed by atoms with van der Waals surface area (Å²) in [5.74, 6) is -0.322. The van der Waals surface area contributed by atoms with Gasteiger partial charge in [-0.2, -0.15) is 0 Å². The highest BCUT2D eigenvalue weighted by molar-refractivity contribution is 9.10. The molecule has 0 aliphatic heterocycles. The number of hydrogen-bond donors (Lipinski definition) is 2. The first-order valence-electron chi connectivity index (χ1n) is 5.44. The maximum Gasteiger partial charge on any atom is 0.250 e. The molecule has 0 heterocycles. The lowest BCUT2D eigenvalue weighted by molar-refractivity contribution is -0.121. The maximum atomic E-state index is 11.6. The van der Waals surface area contributed by atoms with Crippen LogP contribution in [0.15, 0.2) is 27.6 Å². The molecule has 0 saturated heterocycles. The summed E-state index contributed by atoms with van der Waals surface area (Å²) in [6.07, 6.45) is -0.0426. The zero-order valence-electron chi connectivity index (χ0n) is 10.5. The van der Waals surface area contributed by atoms with Gasteiger partial charge in [-0.1, -0.05) is 0 Å². The summed E-state index contributed by atoms with van der Waals surface area (Å²) in [6, 6.07) is 4.10. The SMILES string of the molecule is CC(C)OCC(=O)Nc1ccc(S(N)(=O)=O)cc1Br. The molecule has 0 fully saturated rings. The van der Waals surface area contributed by atoms with E-state index in [-0.39, 0.29) is 23.5 Å². The standard InChI is InChI=1S/C11H15BrN2O4S/c1-7(2)18-6-11(15)14-10-4-3-8(5-9(10)12)19(13,16)17/h3-5,7H,6H2,1-2H3,(H,14,15)(H2,13,16,17). The van der Waals surface area contributed by atoms with Crippen LogP contribution in [0.25, 0.3) is 0 Å². The van der Waals surface area contributed by atoms with Crippen molar-refractivity contribution in [3.05, 3.63) is 22.7 Å². The fraction of sp³-hybridized carbons (Fsp3) is 0.364. The van der Waals surface area contributed by atoms with Gasteiger partial charge in [0, 0.05) is 4.47 Å². The van der Waals surface area contributed by atoms with E-state index in [0.717, 1.165) is 0 Å². The fourth-order valence-corrected chi connectivity index (χ4v) is 2.37. The van der Waals surface area contributed by atoms with E-state index in [2.05, 4.69) is 21.2 Å². The number of ether oxygens (including phenoxy) is 1. The van der Waals surface area contributed by atoms with Crippen LogP contribution in [0.3, 0.4) is 0 Å². The van der Waals surface area contributed by atoms with E-state index in [9.17, 15) is 13.2 Å². The zero-order valence-corrected chi connectivity index (χ0v) is 12.9. The number of carbonyl (C=O) groups is 1. The predicted molar refractivity (Wildman–Crippen MR) is 75.2 cm³/mol. The van der Waals surface area contributed by atoms with Gasteiger partial charge in [0.15, 0.2) is 0 Å². The molecule has 0 aromatic heterocycles. The average molecular weight is 351 g/mol. The number of nitrogens with two attached hydrogens (primary N) is 1. The normalized spacial score (nSPS) is 11.6. The Balaban J connectivity index is 2.78. The third-order valence-electron chi connectivity index (χ3n) is 2.09. The quantitative estimate of drug-likeness (QED) is 0.839. The largest absolute Gasteiger partial charge is 0.369 e. The molecule has 3 N–H and O–H groups in total. The van der Waals surface area contributed by atoms with E-state index >= 15 is 0 Å². The Morgan fingerprint density at radius 3 is 2.58 bits per heavy atom. The molecule has 0 aliphatic rings. The van der Waals surface area contributed by atoms with Crippen molar-refractivity contribution in [1.82, 2.24) is 0 Å². The van der Waals surface area contributed by atoms with Crippen molar-refractivity contribution < 1.29 is 17.9 Å². The van der Waals surface area contributed by atoms with E-state index in [1.807, 2.05) is 13.8 Å². The Kier molecular flexibility index (Phi) is 5.48. The molecule has 0 unspecified atom stereocenters. The summed E-state index contributed by atoms with van der Waals surface area (Å²) in [4.78, 5) is 11.5. The molecule has 1 amide bonds. The highest BCUT2D eigenvalue weighted by atomic mass is 79.9. The van der Waals surface area contributed by atoms with Crippen molar-refractivity contribution in [1.29, 1.82) is 0 Å². The monoisotopic (exact) mass is 350 g/mol. The summed E-state index contributed by atoms with van der Waals surface area (Å²) >= 11 is 3.17. The first-order chi connectivity index (χ1) is 8.70. The second kappa shape index (κ2) is 6.47. The minimum atomic E-state index is -3.76. The number of rotatable bonds is 5. The molecule has 1 aromatic rings. The van der Waals surface area contributed by atoms with Crippen molar-refractivity contribution in [3.63, 3.8) is 0 Å². The van der Waals surface area contributed by atoms with Crippen LogP contribution in [0.1, 0.15) is 13.8 Å². The van der Waals surface area contributed by atoms with Gasteiger partial charge in [-0.3, -0.25) is 4.79 Å². The molecule has 0 saturated carbocycles. The molecule has 0 atom stereocenters. The van der Waals surface area contributed by atoms with Gasteiger partial charge in [-0.25, -0.2) is 13.6 Å². The molecule has 8 heteroatoms. The number of carbonyl (C=O) groups excluding carboxylic acids is 1. The number of hydrogen-bond acceptors (Lipinski definition) is 4. The van der Waals surface area contributed by atoms with Gasteiger partial charge < -0.3 is 10.1 Å². The van der Waals surface area contributed by atoms with Gasteiger partial charge in [0.2, 0.25) is 15.9 Å². The summed E-state index contributed by atoms with van der Waals surface area (Å²) in [7, 11) is -3.76. The summed E-state index contributed by atoms with van der Waals surface area (Å²) in [5.41, 5.74) is 0.449. The first kappa shape index (κ1) is 16.1. The minimum Gasteiger partial charge on any atom is -0.369 e. The third-order valence-corrected chi connectivity index (χ3v) is 3.66. The molecule has 106 valence electrons. The van der Waals surface area contributed by atoms with Gasteiger partial charge in [0.25, 0.3) is 0 Å². The zero-order chi connectivity index (χ0) is 14.6. The molecule has 1 aromatic carbocycles. The second-order valence-corrected chi connectivity index (χ2v) is 6.51. The lowest BCUT2D eigenvalue weighted by Crippen LogP contribution is -2.21. The van der Waals surface area contributed by atoms with Gasteiger partial charge in [0.1, 0.15) is 6.61 Å². The van der Waals surface area contributed by atoms with E-state index in [1.54, 1.807) is 0 Å². The maximum absolute atomic E-state index is 11.6. The molecular formula is C11H15BrN2O4S. The minimum absolute atomic E-state index is 0.0317. The van der Waals surface area contributed by atoms with E-state index < -0.39 is 10.0 Å². The lowest BCUT2D eigenvalue weighted by atomic mass is 10.3. The van der Waals surface area contributed by atoms with E-state index in [4.69, 9.17) is 9.88 Å². The molecule has 0 bridgehead atoms. The van der Waals surface area contributed by atoms with Crippen LogP contribution in [0, 0.1) is 0 Å². The Morgan fingerprint density at radius 1 is 1.47 bits per heavy atom. The molecule has 0 aliphatic carbocycles. The van der Waals surface area contributed by atoms with Gasteiger partial charge in [-0.15, -0.1) is 0 Å². The third kappa shape index (κ3) is 5.27. The van der Waals surface area contributed by atoms with Crippen LogP contribution < -0.4 is 10.5 Å². The molecule has 19 heavy (non-hydrogen) atoms. The van der Waals surface area contributed by atoms with Crippen molar-refractivity contribution in [3.8, 4) is 0 Å². The highest BCUT2D eigenvalue weighted by Crippen LogP contribution is 2.25. The fourth-order valence-electron chi connectivity index (χ4n) is 1.20. The lowest BCUT2D eigenvalue weighted by Gasteiger charge is -2.10. The van der Waals surface area contributed by atoms with Crippen LogP contribution in [0.2, 0.25) is 0 Å². The van der Waals surface area contributed by atoms with Crippen molar-refractivity contribution >= 4 is 37.5 Å². The van der Waals surface area contributed by atoms with Gasteiger partial charge in [-0.05, 0) is 48.0 Å². The second-order valence-electron chi connectivity index (χ2n) is 4.09. The van der Waals surface area contributed by atoms with Crippen LogP contribution in [0.5, 0.6) is 0 Å². The molecular weight excluding hydrogens is 336 g/mol. The van der Waals surface area contributed by atoms with E-state index in [0.29, 0.717) is 10.2 Å². The van der Waals surface area contributed by atoms with Crippen LogP contribution in [0.4, 0.5) is 5.69 Å². The number of halogens is 1. The molecule has 0 radical (unpaired) electrons. The predicted octanol–water partition coefficient (Wildman–Crippen LogP) is 1.46. The Bertz CT molecular complexity index is 572. The molecule has 6 nitrogen and oxygen atoms in total. The topological polar surface area (TPSA) is 98.5 Å². The Hall–Kier alpha value is -0.960. The van der Waals surface area contributed by atoms with Crippen LogP contribution in [-0.4, -0.2) is 27.0 Å². The van der Waals surface area contributed by atoms with Crippen LogP contribution in [-0.2, 0) is 19.6 Å². The number of amides is 1. The Labute approximate surface area is 120 Å². The molecule has 0 spiro atoms. The summed E-state index contributed by atoms with van der Waals surface area (Å²) in [6.45, 7) is 3.58. The van der Waals surface area contributed by atoms with Gasteiger partial charge >= 0.3 is 0 Å². The van der Waals surface area contributed by atoms with Crippen molar-refractivity contribution in [2.24, 2.45) is 5.14 Å². The average Bonchev–Trinajstić information content (AvgIpc) is 2.27. The van der Waals surface area contributed by atoms with E-state index in [1.165, 1.54) is 18.2 Å². The first-order valence-corrected chi connectivity index (χ1v) is 7.78. The van der Waals surface area contributed by atoms with Crippen LogP contribution >= 0.6 is 15.9 Å². The Morgan fingerprint density at radius 2 is 2.11 bits per heavy atom. The molecule has 1 rings (SSSR count).